The Morgan fingerprint density at radius 1 is 1.38 bits per heavy atom. The molecular formula is C14H13Br2N3O2. The molecule has 0 aliphatic carbocycles. The van der Waals surface area contributed by atoms with Crippen LogP contribution in [0.25, 0.3) is 0 Å². The van der Waals surface area contributed by atoms with E-state index in [1.54, 1.807) is 6.07 Å². The molecule has 0 bridgehead atoms. The monoisotopic (exact) mass is 413 g/mol. The summed E-state index contributed by atoms with van der Waals surface area (Å²) >= 11 is 6.51. The van der Waals surface area contributed by atoms with Gasteiger partial charge in [0.15, 0.2) is 4.67 Å². The fourth-order valence-electron chi connectivity index (χ4n) is 1.57. The van der Waals surface area contributed by atoms with E-state index in [4.69, 9.17) is 4.42 Å². The lowest BCUT2D eigenvalue weighted by Crippen LogP contribution is -2.25. The Labute approximate surface area is 139 Å². The summed E-state index contributed by atoms with van der Waals surface area (Å²) in [7, 11) is 0. The van der Waals surface area contributed by atoms with Gasteiger partial charge in [0.25, 0.3) is 5.91 Å². The van der Waals surface area contributed by atoms with Crippen molar-refractivity contribution < 1.29 is 9.21 Å². The minimum absolute atomic E-state index is 0.145. The van der Waals surface area contributed by atoms with E-state index in [2.05, 4.69) is 47.7 Å². The van der Waals surface area contributed by atoms with Gasteiger partial charge in [-0.3, -0.25) is 4.79 Å². The predicted molar refractivity (Wildman–Crippen MR) is 89.5 cm³/mol. The van der Waals surface area contributed by atoms with Gasteiger partial charge in [0.1, 0.15) is 5.76 Å². The Bertz CT molecular complexity index is 648. The zero-order valence-electron chi connectivity index (χ0n) is 11.2. The zero-order valence-corrected chi connectivity index (χ0v) is 14.4. The molecule has 0 saturated heterocycles. The molecule has 1 heterocycles. The maximum absolute atomic E-state index is 11.6. The van der Waals surface area contributed by atoms with Crippen LogP contribution in [0.5, 0.6) is 0 Å². The highest BCUT2D eigenvalue weighted by atomic mass is 79.9. The lowest BCUT2D eigenvalue weighted by Gasteiger charge is -2.05. The summed E-state index contributed by atoms with van der Waals surface area (Å²) in [5.41, 5.74) is 4.45. The highest BCUT2D eigenvalue weighted by molar-refractivity contribution is 9.13. The number of nitrogens with zero attached hydrogens (tertiary/aromatic N) is 1. The summed E-state index contributed by atoms with van der Waals surface area (Å²) in [5.74, 6) is 0.290. The van der Waals surface area contributed by atoms with Crippen LogP contribution in [0.15, 0.2) is 49.0 Å². The largest absolute Gasteiger partial charge is 0.447 e. The van der Waals surface area contributed by atoms with Crippen LogP contribution >= 0.6 is 31.9 Å². The molecule has 0 aliphatic heterocycles. The lowest BCUT2D eigenvalue weighted by atomic mass is 10.2. The topological polar surface area (TPSA) is 66.6 Å². The summed E-state index contributed by atoms with van der Waals surface area (Å²) < 4.78 is 6.66. The molecule has 1 amide bonds. The van der Waals surface area contributed by atoms with Crippen molar-refractivity contribution in [3.8, 4) is 0 Å². The molecule has 2 N–H and O–H groups in total. The number of carbonyl (C=O) groups is 1. The fraction of sp³-hybridized carbons (Fsp3) is 0.143. The molecule has 110 valence electrons. The van der Waals surface area contributed by atoms with Crippen molar-refractivity contribution in [2.45, 2.75) is 6.92 Å². The standard InChI is InChI=1S/C14H13Br2N3O2/c1-9-3-2-4-10(5-9)17-8-13(20)19-18-7-11-6-12(15)14(16)21-11/h2-7,17H,8H2,1H3,(H,19,20)/b18-7-. The number of aryl methyl sites for hydroxylation is 1. The van der Waals surface area contributed by atoms with E-state index in [-0.39, 0.29) is 12.5 Å². The average molecular weight is 415 g/mol. The maximum atomic E-state index is 11.6. The summed E-state index contributed by atoms with van der Waals surface area (Å²) in [4.78, 5) is 11.6. The average Bonchev–Trinajstić information content (AvgIpc) is 2.75. The number of rotatable bonds is 5. The fourth-order valence-corrected chi connectivity index (χ4v) is 2.18. The van der Waals surface area contributed by atoms with Crippen LogP contribution in [0.2, 0.25) is 0 Å². The van der Waals surface area contributed by atoms with Crippen LogP contribution in [0, 0.1) is 6.92 Å². The van der Waals surface area contributed by atoms with Crippen LogP contribution in [0.3, 0.4) is 0 Å². The zero-order chi connectivity index (χ0) is 15.2. The number of anilines is 1. The van der Waals surface area contributed by atoms with Gasteiger partial charge in [0.05, 0.1) is 17.2 Å². The van der Waals surface area contributed by atoms with Crippen molar-refractivity contribution in [2.24, 2.45) is 5.10 Å². The van der Waals surface area contributed by atoms with Crippen molar-refractivity contribution in [1.82, 2.24) is 5.43 Å². The third-order valence-electron chi connectivity index (χ3n) is 2.52. The molecular weight excluding hydrogens is 402 g/mol. The molecule has 0 fully saturated rings. The molecule has 0 unspecified atom stereocenters. The molecule has 0 radical (unpaired) electrons. The van der Waals surface area contributed by atoms with Gasteiger partial charge in [-0.05, 0) is 56.5 Å². The first-order valence-corrected chi connectivity index (χ1v) is 7.70. The van der Waals surface area contributed by atoms with E-state index in [0.717, 1.165) is 15.7 Å². The van der Waals surface area contributed by atoms with E-state index in [1.165, 1.54) is 6.21 Å². The number of carbonyl (C=O) groups excluding carboxylic acids is 1. The summed E-state index contributed by atoms with van der Waals surface area (Å²) in [6, 6.07) is 9.54. The van der Waals surface area contributed by atoms with Gasteiger partial charge in [0, 0.05) is 11.8 Å². The van der Waals surface area contributed by atoms with Gasteiger partial charge in [-0.15, -0.1) is 0 Å². The number of hydrazone groups is 1. The molecule has 0 aliphatic rings. The highest BCUT2D eigenvalue weighted by Crippen LogP contribution is 2.25. The van der Waals surface area contributed by atoms with Gasteiger partial charge >= 0.3 is 0 Å². The minimum Gasteiger partial charge on any atom is -0.447 e. The second-order valence-electron chi connectivity index (χ2n) is 4.29. The third-order valence-corrected chi connectivity index (χ3v) is 4.23. The van der Waals surface area contributed by atoms with Crippen molar-refractivity contribution >= 4 is 49.7 Å². The van der Waals surface area contributed by atoms with Crippen LogP contribution < -0.4 is 10.7 Å². The third kappa shape index (κ3) is 5.02. The van der Waals surface area contributed by atoms with Gasteiger partial charge in [-0.2, -0.15) is 5.10 Å². The number of nitrogens with one attached hydrogen (secondary N) is 2. The van der Waals surface area contributed by atoms with Crippen molar-refractivity contribution in [3.63, 3.8) is 0 Å². The first-order valence-electron chi connectivity index (χ1n) is 6.12. The Kier molecular flexibility index (Phi) is 5.58. The molecule has 0 saturated carbocycles. The van der Waals surface area contributed by atoms with Crippen LogP contribution in [-0.2, 0) is 4.79 Å². The van der Waals surface area contributed by atoms with Gasteiger partial charge < -0.3 is 9.73 Å². The Morgan fingerprint density at radius 2 is 2.19 bits per heavy atom. The second kappa shape index (κ2) is 7.42. The van der Waals surface area contributed by atoms with Crippen LogP contribution in [-0.4, -0.2) is 18.7 Å². The quantitative estimate of drug-likeness (QED) is 0.579. The van der Waals surface area contributed by atoms with Crippen LogP contribution in [0.1, 0.15) is 11.3 Å². The number of benzene rings is 1. The molecule has 2 aromatic rings. The van der Waals surface area contributed by atoms with Crippen molar-refractivity contribution in [1.29, 1.82) is 0 Å². The summed E-state index contributed by atoms with van der Waals surface area (Å²) in [5, 5.41) is 6.85. The summed E-state index contributed by atoms with van der Waals surface area (Å²) in [6.07, 6.45) is 1.43. The van der Waals surface area contributed by atoms with E-state index in [9.17, 15) is 4.79 Å². The Balaban J connectivity index is 1.79. The van der Waals surface area contributed by atoms with Gasteiger partial charge in [-0.1, -0.05) is 12.1 Å². The smallest absolute Gasteiger partial charge is 0.259 e. The number of hydrogen-bond acceptors (Lipinski definition) is 4. The van der Waals surface area contributed by atoms with Gasteiger partial charge in [-0.25, -0.2) is 5.43 Å². The van der Waals surface area contributed by atoms with Gasteiger partial charge in [0.2, 0.25) is 0 Å². The lowest BCUT2D eigenvalue weighted by molar-refractivity contribution is -0.119. The minimum atomic E-state index is -0.238. The molecule has 7 heteroatoms. The van der Waals surface area contributed by atoms with Crippen LogP contribution in [0.4, 0.5) is 5.69 Å². The number of halogens is 2. The molecule has 1 aromatic carbocycles. The molecule has 2 rings (SSSR count). The van der Waals surface area contributed by atoms with E-state index < -0.39 is 0 Å². The molecule has 5 nitrogen and oxygen atoms in total. The number of hydrogen-bond donors (Lipinski definition) is 2. The Hall–Kier alpha value is -1.60. The van der Waals surface area contributed by atoms with E-state index in [1.807, 2.05) is 31.2 Å². The van der Waals surface area contributed by atoms with Crippen molar-refractivity contribution in [3.05, 3.63) is 50.8 Å². The van der Waals surface area contributed by atoms with Crippen molar-refractivity contribution in [2.75, 3.05) is 11.9 Å². The first kappa shape index (κ1) is 15.8. The maximum Gasteiger partial charge on any atom is 0.259 e. The molecule has 0 spiro atoms. The predicted octanol–water partition coefficient (Wildman–Crippen LogP) is 3.68. The van der Waals surface area contributed by atoms with E-state index >= 15 is 0 Å². The molecule has 21 heavy (non-hydrogen) atoms. The molecule has 1 aromatic heterocycles. The van der Waals surface area contributed by atoms with E-state index in [0.29, 0.717) is 10.4 Å². The highest BCUT2D eigenvalue weighted by Gasteiger charge is 2.04. The normalized spacial score (nSPS) is 10.8. The molecule has 0 atom stereocenters. The Morgan fingerprint density at radius 3 is 2.86 bits per heavy atom. The number of amides is 1. The number of furan rings is 1. The first-order chi connectivity index (χ1) is 10.0. The SMILES string of the molecule is Cc1cccc(NCC(=O)N/N=C\c2cc(Br)c(Br)o2)c1. The summed E-state index contributed by atoms with van der Waals surface area (Å²) in [6.45, 7) is 2.14. The second-order valence-corrected chi connectivity index (χ2v) is 5.86.